The number of nitrogens with one attached hydrogen (secondary N) is 1. The summed E-state index contributed by atoms with van der Waals surface area (Å²) < 4.78 is 0. The zero-order valence-corrected chi connectivity index (χ0v) is 9.88. The van der Waals surface area contributed by atoms with Gasteiger partial charge in [-0.05, 0) is 50.8 Å². The highest BCUT2D eigenvalue weighted by molar-refractivity contribution is 5.26. The van der Waals surface area contributed by atoms with Gasteiger partial charge in [0.1, 0.15) is 0 Å². The van der Waals surface area contributed by atoms with E-state index in [-0.39, 0.29) is 0 Å². The summed E-state index contributed by atoms with van der Waals surface area (Å²) in [5.74, 6) is 0.841. The smallest absolute Gasteiger partial charge is 0.0423 e. The van der Waals surface area contributed by atoms with Crippen molar-refractivity contribution in [1.29, 1.82) is 0 Å². The molecule has 1 N–H and O–H groups in total. The number of pyridine rings is 1. The predicted molar refractivity (Wildman–Crippen MR) is 62.9 cm³/mol. The van der Waals surface area contributed by atoms with E-state index in [1.54, 1.807) is 0 Å². The van der Waals surface area contributed by atoms with Crippen molar-refractivity contribution >= 4 is 0 Å². The van der Waals surface area contributed by atoms with Gasteiger partial charge in [0.25, 0.3) is 0 Å². The summed E-state index contributed by atoms with van der Waals surface area (Å²) in [6.07, 6.45) is 2.73. The highest BCUT2D eigenvalue weighted by Crippen LogP contribution is 2.41. The fourth-order valence-electron chi connectivity index (χ4n) is 2.21. The first-order valence-corrected chi connectivity index (χ1v) is 5.90. The monoisotopic (exact) mass is 204 g/mol. The third kappa shape index (κ3) is 2.37. The lowest BCUT2D eigenvalue weighted by Gasteiger charge is -2.19. The number of hydrogen-bond acceptors (Lipinski definition) is 2. The van der Waals surface area contributed by atoms with Crippen molar-refractivity contribution in [1.82, 2.24) is 10.3 Å². The first kappa shape index (κ1) is 10.6. The number of rotatable bonds is 4. The Morgan fingerprint density at radius 2 is 2.13 bits per heavy atom. The maximum atomic E-state index is 4.55. The van der Waals surface area contributed by atoms with E-state index in [0.717, 1.165) is 18.2 Å². The highest BCUT2D eigenvalue weighted by atomic mass is 14.9. The van der Waals surface area contributed by atoms with E-state index in [1.807, 2.05) is 0 Å². The van der Waals surface area contributed by atoms with Crippen LogP contribution in [-0.4, -0.2) is 11.5 Å². The zero-order valence-electron chi connectivity index (χ0n) is 9.88. The van der Waals surface area contributed by atoms with Crippen LogP contribution in [-0.2, 0) is 0 Å². The quantitative estimate of drug-likeness (QED) is 0.815. The van der Waals surface area contributed by atoms with Gasteiger partial charge in [0.15, 0.2) is 0 Å². The van der Waals surface area contributed by atoms with E-state index < -0.39 is 0 Å². The van der Waals surface area contributed by atoms with Crippen LogP contribution < -0.4 is 5.32 Å². The molecule has 1 heterocycles. The minimum Gasteiger partial charge on any atom is -0.310 e. The molecule has 0 radical (unpaired) electrons. The lowest BCUT2D eigenvalue weighted by atomic mass is 10.0. The Labute approximate surface area is 92.1 Å². The molecule has 82 valence electrons. The molecule has 0 bridgehead atoms. The molecule has 1 unspecified atom stereocenters. The fourth-order valence-corrected chi connectivity index (χ4v) is 2.21. The van der Waals surface area contributed by atoms with Crippen LogP contribution in [0.3, 0.4) is 0 Å². The average molecular weight is 204 g/mol. The van der Waals surface area contributed by atoms with Gasteiger partial charge in [-0.15, -0.1) is 0 Å². The van der Waals surface area contributed by atoms with Gasteiger partial charge in [-0.1, -0.05) is 13.0 Å². The van der Waals surface area contributed by atoms with Crippen LogP contribution in [0, 0.1) is 19.8 Å². The maximum absolute atomic E-state index is 4.55. The molecular formula is C13H20N2. The Bertz CT molecular complexity index is 342. The summed E-state index contributed by atoms with van der Waals surface area (Å²) in [5.41, 5.74) is 3.69. The molecule has 1 aliphatic rings. The standard InChI is InChI=1S/C13H20N2/c1-4-14-13(11-6-7-11)12-8-5-9(2)15-10(12)3/h5,8,11,13-14H,4,6-7H2,1-3H3. The summed E-state index contributed by atoms with van der Waals surface area (Å²) in [6, 6.07) is 4.89. The number of aryl methyl sites for hydroxylation is 2. The summed E-state index contributed by atoms with van der Waals surface area (Å²) >= 11 is 0. The molecule has 1 aliphatic carbocycles. The van der Waals surface area contributed by atoms with E-state index in [9.17, 15) is 0 Å². The first-order valence-electron chi connectivity index (χ1n) is 5.90. The molecule has 0 spiro atoms. The molecule has 1 atom stereocenters. The molecule has 2 rings (SSSR count). The normalized spacial score (nSPS) is 17.8. The van der Waals surface area contributed by atoms with Crippen molar-refractivity contribution in [3.8, 4) is 0 Å². The van der Waals surface area contributed by atoms with Crippen molar-refractivity contribution in [3.05, 3.63) is 29.1 Å². The highest BCUT2D eigenvalue weighted by Gasteiger charge is 2.32. The van der Waals surface area contributed by atoms with Crippen molar-refractivity contribution in [2.75, 3.05) is 6.54 Å². The molecule has 2 nitrogen and oxygen atoms in total. The van der Waals surface area contributed by atoms with Crippen LogP contribution in [0.1, 0.15) is 42.8 Å². The van der Waals surface area contributed by atoms with E-state index in [4.69, 9.17) is 0 Å². The molecule has 0 aromatic carbocycles. The van der Waals surface area contributed by atoms with Gasteiger partial charge >= 0.3 is 0 Å². The fraction of sp³-hybridized carbons (Fsp3) is 0.615. The summed E-state index contributed by atoms with van der Waals surface area (Å²) in [7, 11) is 0. The third-order valence-electron chi connectivity index (χ3n) is 3.12. The van der Waals surface area contributed by atoms with Gasteiger partial charge in [0, 0.05) is 17.4 Å². The molecule has 2 heteroatoms. The topological polar surface area (TPSA) is 24.9 Å². The largest absolute Gasteiger partial charge is 0.310 e. The second-order valence-corrected chi connectivity index (χ2v) is 4.50. The van der Waals surface area contributed by atoms with Gasteiger partial charge in [0.2, 0.25) is 0 Å². The lowest BCUT2D eigenvalue weighted by Crippen LogP contribution is -2.23. The summed E-state index contributed by atoms with van der Waals surface area (Å²) in [5, 5.41) is 3.58. The van der Waals surface area contributed by atoms with E-state index in [2.05, 4.69) is 43.2 Å². The lowest BCUT2D eigenvalue weighted by molar-refractivity contribution is 0.492. The number of aromatic nitrogens is 1. The summed E-state index contributed by atoms with van der Waals surface area (Å²) in [6.45, 7) is 7.38. The number of hydrogen-bond donors (Lipinski definition) is 1. The zero-order chi connectivity index (χ0) is 10.8. The van der Waals surface area contributed by atoms with E-state index in [0.29, 0.717) is 6.04 Å². The van der Waals surface area contributed by atoms with Crippen molar-refractivity contribution in [2.24, 2.45) is 5.92 Å². The van der Waals surface area contributed by atoms with Crippen molar-refractivity contribution in [3.63, 3.8) is 0 Å². The Hall–Kier alpha value is -0.890. The molecule has 1 aromatic rings. The van der Waals surface area contributed by atoms with Crippen LogP contribution in [0.15, 0.2) is 12.1 Å². The Kier molecular flexibility index (Phi) is 3.06. The van der Waals surface area contributed by atoms with Gasteiger partial charge in [-0.3, -0.25) is 4.98 Å². The second-order valence-electron chi connectivity index (χ2n) is 4.50. The van der Waals surface area contributed by atoms with Crippen LogP contribution in [0.2, 0.25) is 0 Å². The van der Waals surface area contributed by atoms with E-state index >= 15 is 0 Å². The molecule has 0 aliphatic heterocycles. The van der Waals surface area contributed by atoms with Gasteiger partial charge in [-0.25, -0.2) is 0 Å². The van der Waals surface area contributed by atoms with Gasteiger partial charge in [0.05, 0.1) is 0 Å². The Morgan fingerprint density at radius 1 is 1.40 bits per heavy atom. The minimum absolute atomic E-state index is 0.531. The maximum Gasteiger partial charge on any atom is 0.0423 e. The Balaban J connectivity index is 2.24. The van der Waals surface area contributed by atoms with Gasteiger partial charge < -0.3 is 5.32 Å². The first-order chi connectivity index (χ1) is 7.22. The molecule has 0 amide bonds. The van der Waals surface area contributed by atoms with Crippen LogP contribution in [0.25, 0.3) is 0 Å². The predicted octanol–water partition coefficient (Wildman–Crippen LogP) is 2.76. The molecule has 1 saturated carbocycles. The van der Waals surface area contributed by atoms with Crippen molar-refractivity contribution < 1.29 is 0 Å². The SMILES string of the molecule is CCNC(c1ccc(C)nc1C)C1CC1. The third-order valence-corrected chi connectivity index (χ3v) is 3.12. The molecule has 1 fully saturated rings. The molecule has 1 aromatic heterocycles. The van der Waals surface area contributed by atoms with Crippen LogP contribution in [0.4, 0.5) is 0 Å². The molecule has 0 saturated heterocycles. The second kappa shape index (κ2) is 4.31. The molecule has 15 heavy (non-hydrogen) atoms. The van der Waals surface area contributed by atoms with Crippen molar-refractivity contribution in [2.45, 2.75) is 39.7 Å². The summed E-state index contributed by atoms with van der Waals surface area (Å²) in [4.78, 5) is 4.55. The average Bonchev–Trinajstić information content (AvgIpc) is 2.98. The number of nitrogens with zero attached hydrogens (tertiary/aromatic N) is 1. The minimum atomic E-state index is 0.531. The van der Waals surface area contributed by atoms with Crippen LogP contribution in [0.5, 0.6) is 0 Å². The van der Waals surface area contributed by atoms with Crippen LogP contribution >= 0.6 is 0 Å². The molecular weight excluding hydrogens is 184 g/mol. The van der Waals surface area contributed by atoms with Gasteiger partial charge in [-0.2, -0.15) is 0 Å². The van der Waals surface area contributed by atoms with E-state index in [1.165, 1.54) is 24.1 Å². The Morgan fingerprint density at radius 3 is 2.67 bits per heavy atom.